The van der Waals surface area contributed by atoms with Crippen molar-refractivity contribution in [3.05, 3.63) is 0 Å². The van der Waals surface area contributed by atoms with Gasteiger partial charge < -0.3 is 16.8 Å². The van der Waals surface area contributed by atoms with E-state index in [1.807, 2.05) is 0 Å². The molecule has 4 nitrogen and oxygen atoms in total. The molecule has 0 aromatic rings. The van der Waals surface area contributed by atoms with E-state index >= 15 is 0 Å². The molecule has 2 atom stereocenters. The Morgan fingerprint density at radius 1 is 1.60 bits per heavy atom. The summed E-state index contributed by atoms with van der Waals surface area (Å²) in [5, 5.41) is 2.87. The molecule has 4 heteroatoms. The molecule has 0 aliphatic heterocycles. The van der Waals surface area contributed by atoms with E-state index in [4.69, 9.17) is 11.5 Å². The second kappa shape index (κ2) is 5.47. The number of hydrogen-bond donors (Lipinski definition) is 3. The molecule has 2 unspecified atom stereocenters. The molecule has 88 valence electrons. The van der Waals surface area contributed by atoms with Gasteiger partial charge in [0, 0.05) is 6.54 Å². The Morgan fingerprint density at radius 3 is 2.93 bits per heavy atom. The van der Waals surface area contributed by atoms with Gasteiger partial charge in [0.2, 0.25) is 5.91 Å². The van der Waals surface area contributed by atoms with Gasteiger partial charge in [-0.15, -0.1) is 0 Å². The molecule has 5 N–H and O–H groups in total. The number of carbonyl (C=O) groups excluding carboxylic acids is 1. The molecule has 0 bridgehead atoms. The van der Waals surface area contributed by atoms with Crippen molar-refractivity contribution >= 4 is 5.91 Å². The maximum absolute atomic E-state index is 11.9. The van der Waals surface area contributed by atoms with E-state index in [1.54, 1.807) is 0 Å². The van der Waals surface area contributed by atoms with E-state index in [-0.39, 0.29) is 5.91 Å². The normalized spacial score (nSPS) is 31.3. The van der Waals surface area contributed by atoms with Crippen LogP contribution in [0.25, 0.3) is 0 Å². The van der Waals surface area contributed by atoms with Gasteiger partial charge in [0.25, 0.3) is 0 Å². The number of carbonyl (C=O) groups is 1. The standard InChI is InChI=1S/C11H23N3O/c1-9-4-2-5-11(13,8-9)10(15)14-7-3-6-12/h9H,2-8,12-13H2,1H3,(H,14,15). The van der Waals surface area contributed by atoms with Gasteiger partial charge in [0.05, 0.1) is 5.54 Å². The molecular formula is C11H23N3O. The third-order valence-corrected chi connectivity index (χ3v) is 3.15. The molecule has 1 aliphatic carbocycles. The fourth-order valence-electron chi connectivity index (χ4n) is 2.28. The Balaban J connectivity index is 2.41. The predicted molar refractivity (Wildman–Crippen MR) is 61.2 cm³/mol. The molecule has 0 radical (unpaired) electrons. The molecule has 0 aromatic carbocycles. The van der Waals surface area contributed by atoms with E-state index in [1.165, 1.54) is 6.42 Å². The summed E-state index contributed by atoms with van der Waals surface area (Å²) >= 11 is 0. The van der Waals surface area contributed by atoms with Crippen LogP contribution < -0.4 is 16.8 Å². The Morgan fingerprint density at radius 2 is 2.33 bits per heavy atom. The summed E-state index contributed by atoms with van der Waals surface area (Å²) in [5.74, 6) is 0.562. The highest BCUT2D eigenvalue weighted by Gasteiger charge is 2.37. The molecule has 1 fully saturated rings. The van der Waals surface area contributed by atoms with E-state index in [0.29, 0.717) is 19.0 Å². The van der Waals surface area contributed by atoms with Crippen LogP contribution in [0.3, 0.4) is 0 Å². The van der Waals surface area contributed by atoms with Gasteiger partial charge in [0.15, 0.2) is 0 Å². The van der Waals surface area contributed by atoms with Gasteiger partial charge >= 0.3 is 0 Å². The van der Waals surface area contributed by atoms with Crippen molar-refractivity contribution in [2.45, 2.75) is 44.6 Å². The smallest absolute Gasteiger partial charge is 0.240 e. The summed E-state index contributed by atoms with van der Waals surface area (Å²) in [5.41, 5.74) is 10.9. The largest absolute Gasteiger partial charge is 0.354 e. The summed E-state index contributed by atoms with van der Waals surface area (Å²) in [4.78, 5) is 11.9. The lowest BCUT2D eigenvalue weighted by molar-refractivity contribution is -0.128. The summed E-state index contributed by atoms with van der Waals surface area (Å²) in [6.07, 6.45) is 4.68. The summed E-state index contributed by atoms with van der Waals surface area (Å²) in [7, 11) is 0. The van der Waals surface area contributed by atoms with Crippen LogP contribution in [0.4, 0.5) is 0 Å². The molecule has 0 aromatic heterocycles. The molecule has 0 heterocycles. The minimum absolute atomic E-state index is 0.00231. The van der Waals surface area contributed by atoms with Crippen molar-refractivity contribution in [1.82, 2.24) is 5.32 Å². The van der Waals surface area contributed by atoms with Crippen LogP contribution in [-0.2, 0) is 4.79 Å². The molecule has 15 heavy (non-hydrogen) atoms. The highest BCUT2D eigenvalue weighted by atomic mass is 16.2. The van der Waals surface area contributed by atoms with Crippen molar-refractivity contribution in [3.8, 4) is 0 Å². The van der Waals surface area contributed by atoms with Crippen molar-refractivity contribution in [3.63, 3.8) is 0 Å². The molecule has 1 amide bonds. The van der Waals surface area contributed by atoms with E-state index in [0.717, 1.165) is 25.7 Å². The molecule has 0 spiro atoms. The number of hydrogen-bond acceptors (Lipinski definition) is 3. The fourth-order valence-corrected chi connectivity index (χ4v) is 2.28. The molecule has 1 saturated carbocycles. The molecule has 0 saturated heterocycles. The summed E-state index contributed by atoms with van der Waals surface area (Å²) < 4.78 is 0. The topological polar surface area (TPSA) is 81.1 Å². The lowest BCUT2D eigenvalue weighted by atomic mass is 9.76. The molecular weight excluding hydrogens is 190 g/mol. The maximum Gasteiger partial charge on any atom is 0.240 e. The van der Waals surface area contributed by atoms with Crippen molar-refractivity contribution in [2.24, 2.45) is 17.4 Å². The van der Waals surface area contributed by atoms with Crippen molar-refractivity contribution in [2.75, 3.05) is 13.1 Å². The van der Waals surface area contributed by atoms with Crippen LogP contribution in [0, 0.1) is 5.92 Å². The second-order valence-corrected chi connectivity index (χ2v) is 4.76. The van der Waals surface area contributed by atoms with Gasteiger partial charge in [-0.1, -0.05) is 19.8 Å². The molecule has 1 aliphatic rings. The zero-order valence-corrected chi connectivity index (χ0v) is 9.59. The first-order chi connectivity index (χ1) is 7.08. The average Bonchev–Trinajstić information content (AvgIpc) is 2.17. The predicted octanol–water partition coefficient (Wildman–Crippen LogP) is 0.359. The van der Waals surface area contributed by atoms with Crippen LogP contribution in [0.5, 0.6) is 0 Å². The van der Waals surface area contributed by atoms with Gasteiger partial charge in [-0.2, -0.15) is 0 Å². The van der Waals surface area contributed by atoms with E-state index < -0.39 is 5.54 Å². The minimum atomic E-state index is -0.633. The minimum Gasteiger partial charge on any atom is -0.354 e. The number of nitrogens with one attached hydrogen (secondary N) is 1. The second-order valence-electron chi connectivity index (χ2n) is 4.76. The Labute approximate surface area is 91.8 Å². The monoisotopic (exact) mass is 213 g/mol. The SMILES string of the molecule is CC1CCCC(N)(C(=O)NCCCN)C1. The lowest BCUT2D eigenvalue weighted by Crippen LogP contribution is -2.56. The number of amides is 1. The third kappa shape index (κ3) is 3.47. The van der Waals surface area contributed by atoms with Gasteiger partial charge in [-0.25, -0.2) is 0 Å². The summed E-state index contributed by atoms with van der Waals surface area (Å²) in [6, 6.07) is 0. The first-order valence-electron chi connectivity index (χ1n) is 5.86. The maximum atomic E-state index is 11.9. The van der Waals surface area contributed by atoms with Crippen LogP contribution in [0.15, 0.2) is 0 Å². The van der Waals surface area contributed by atoms with Crippen LogP contribution in [0.1, 0.15) is 39.0 Å². The van der Waals surface area contributed by atoms with Gasteiger partial charge in [-0.05, 0) is 31.7 Å². The first-order valence-corrected chi connectivity index (χ1v) is 5.86. The van der Waals surface area contributed by atoms with Crippen LogP contribution in [0.2, 0.25) is 0 Å². The number of nitrogens with two attached hydrogens (primary N) is 2. The summed E-state index contributed by atoms with van der Waals surface area (Å²) in [6.45, 7) is 3.41. The molecule has 1 rings (SSSR count). The highest BCUT2D eigenvalue weighted by Crippen LogP contribution is 2.30. The first kappa shape index (κ1) is 12.5. The zero-order valence-electron chi connectivity index (χ0n) is 9.59. The third-order valence-electron chi connectivity index (χ3n) is 3.15. The fraction of sp³-hybridized carbons (Fsp3) is 0.909. The van der Waals surface area contributed by atoms with Gasteiger partial charge in [0.1, 0.15) is 0 Å². The van der Waals surface area contributed by atoms with Crippen molar-refractivity contribution < 1.29 is 4.79 Å². The van der Waals surface area contributed by atoms with E-state index in [2.05, 4.69) is 12.2 Å². The number of rotatable bonds is 4. The van der Waals surface area contributed by atoms with E-state index in [9.17, 15) is 4.79 Å². The van der Waals surface area contributed by atoms with Crippen LogP contribution >= 0.6 is 0 Å². The average molecular weight is 213 g/mol. The Kier molecular flexibility index (Phi) is 4.54. The van der Waals surface area contributed by atoms with Gasteiger partial charge in [-0.3, -0.25) is 4.79 Å². The Hall–Kier alpha value is -0.610. The van der Waals surface area contributed by atoms with Crippen molar-refractivity contribution in [1.29, 1.82) is 0 Å². The van der Waals surface area contributed by atoms with Crippen LogP contribution in [-0.4, -0.2) is 24.5 Å². The highest BCUT2D eigenvalue weighted by molar-refractivity contribution is 5.86. The lowest BCUT2D eigenvalue weighted by Gasteiger charge is -2.35. The zero-order chi connectivity index (χ0) is 11.3. The Bertz CT molecular complexity index is 220. The quantitative estimate of drug-likeness (QED) is 0.590.